The van der Waals surface area contributed by atoms with E-state index in [4.69, 9.17) is 5.11 Å². The van der Waals surface area contributed by atoms with E-state index in [0.29, 0.717) is 16.9 Å². The van der Waals surface area contributed by atoms with Crippen LogP contribution in [0.1, 0.15) is 23.2 Å². The number of nitrogens with zero attached hydrogens (tertiary/aromatic N) is 3. The summed E-state index contributed by atoms with van der Waals surface area (Å²) in [6, 6.07) is 5.10. The number of benzene rings is 1. The lowest BCUT2D eigenvalue weighted by Crippen LogP contribution is -2.22. The Hall–Kier alpha value is -2.17. The van der Waals surface area contributed by atoms with Gasteiger partial charge in [-0.1, -0.05) is 6.07 Å². The van der Waals surface area contributed by atoms with Crippen LogP contribution in [0.5, 0.6) is 0 Å². The number of hydrogen-bond acceptors (Lipinski definition) is 4. The molecular formula is C14H15N3O2. The lowest BCUT2D eigenvalue weighted by atomic mass is 10.1. The zero-order chi connectivity index (χ0) is 13.4. The van der Waals surface area contributed by atoms with Crippen LogP contribution in [0.3, 0.4) is 0 Å². The average Bonchev–Trinajstić information content (AvgIpc) is 3.21. The summed E-state index contributed by atoms with van der Waals surface area (Å²) in [5.74, 6) is 0.463. The van der Waals surface area contributed by atoms with Gasteiger partial charge >= 0.3 is 5.97 Å². The van der Waals surface area contributed by atoms with Crippen molar-refractivity contribution in [3.8, 4) is 0 Å². The van der Waals surface area contributed by atoms with Gasteiger partial charge in [0.1, 0.15) is 0 Å². The largest absolute Gasteiger partial charge is 0.478 e. The van der Waals surface area contributed by atoms with E-state index in [1.807, 2.05) is 18.0 Å². The van der Waals surface area contributed by atoms with Crippen molar-refractivity contribution in [3.05, 3.63) is 30.0 Å². The highest BCUT2D eigenvalue weighted by atomic mass is 16.4. The maximum atomic E-state index is 11.1. The fourth-order valence-electron chi connectivity index (χ4n) is 2.18. The van der Waals surface area contributed by atoms with Gasteiger partial charge in [0.05, 0.1) is 11.1 Å². The van der Waals surface area contributed by atoms with Crippen LogP contribution in [-0.4, -0.2) is 34.6 Å². The van der Waals surface area contributed by atoms with Crippen LogP contribution in [0.4, 0.5) is 5.95 Å². The van der Waals surface area contributed by atoms with Gasteiger partial charge in [0.2, 0.25) is 5.95 Å². The van der Waals surface area contributed by atoms with Crippen LogP contribution < -0.4 is 4.90 Å². The molecular weight excluding hydrogens is 242 g/mol. The summed E-state index contributed by atoms with van der Waals surface area (Å²) in [6.07, 6.45) is 4.16. The van der Waals surface area contributed by atoms with Gasteiger partial charge in [0.25, 0.3) is 0 Å². The standard InChI is InChI=1S/C14H15N3O2/c1-17(8-9-5-6-9)14-15-7-11-10(13(18)19)3-2-4-12(11)16-14/h2-4,7,9H,5-6,8H2,1H3,(H,18,19). The van der Waals surface area contributed by atoms with Crippen molar-refractivity contribution in [2.75, 3.05) is 18.5 Å². The van der Waals surface area contributed by atoms with Crippen molar-refractivity contribution < 1.29 is 9.90 Å². The van der Waals surface area contributed by atoms with Crippen LogP contribution in [0, 0.1) is 5.92 Å². The normalized spacial score (nSPS) is 14.6. The lowest BCUT2D eigenvalue weighted by molar-refractivity contribution is 0.0699. The first kappa shape index (κ1) is 11.9. The topological polar surface area (TPSA) is 66.3 Å². The Morgan fingerprint density at radius 2 is 2.26 bits per heavy atom. The molecule has 2 aromatic rings. The molecule has 1 fully saturated rings. The molecule has 0 amide bonds. The van der Waals surface area contributed by atoms with Gasteiger partial charge in [-0.25, -0.2) is 14.8 Å². The number of carboxylic acid groups (broad SMARTS) is 1. The second kappa shape index (κ2) is 4.50. The van der Waals surface area contributed by atoms with Gasteiger partial charge < -0.3 is 10.0 Å². The van der Waals surface area contributed by atoms with Gasteiger partial charge in [-0.3, -0.25) is 0 Å². The number of aromatic carboxylic acids is 1. The molecule has 0 saturated heterocycles. The van der Waals surface area contributed by atoms with Gasteiger partial charge in [-0.2, -0.15) is 0 Å². The van der Waals surface area contributed by atoms with Gasteiger partial charge in [0.15, 0.2) is 0 Å². The molecule has 5 nitrogen and oxygen atoms in total. The summed E-state index contributed by atoms with van der Waals surface area (Å²) in [5.41, 5.74) is 0.918. The average molecular weight is 257 g/mol. The van der Waals surface area contributed by atoms with E-state index >= 15 is 0 Å². The number of anilines is 1. The summed E-state index contributed by atoms with van der Waals surface area (Å²) >= 11 is 0. The Morgan fingerprint density at radius 3 is 2.95 bits per heavy atom. The van der Waals surface area contributed by atoms with Crippen molar-refractivity contribution in [2.45, 2.75) is 12.8 Å². The lowest BCUT2D eigenvalue weighted by Gasteiger charge is -2.16. The van der Waals surface area contributed by atoms with Crippen molar-refractivity contribution in [1.29, 1.82) is 0 Å². The molecule has 1 N–H and O–H groups in total. The highest BCUT2D eigenvalue weighted by Gasteiger charge is 2.24. The smallest absolute Gasteiger partial charge is 0.336 e. The minimum absolute atomic E-state index is 0.244. The number of carbonyl (C=O) groups is 1. The maximum absolute atomic E-state index is 11.1. The molecule has 1 aromatic carbocycles. The summed E-state index contributed by atoms with van der Waals surface area (Å²) < 4.78 is 0. The van der Waals surface area contributed by atoms with Crippen molar-refractivity contribution in [2.24, 2.45) is 5.92 Å². The summed E-state index contributed by atoms with van der Waals surface area (Å²) in [7, 11) is 1.97. The fourth-order valence-corrected chi connectivity index (χ4v) is 2.18. The van der Waals surface area contributed by atoms with Crippen LogP contribution >= 0.6 is 0 Å². The number of aromatic nitrogens is 2. The highest BCUT2D eigenvalue weighted by molar-refractivity contribution is 6.02. The first-order chi connectivity index (χ1) is 9.15. The van der Waals surface area contributed by atoms with Gasteiger partial charge in [-0.15, -0.1) is 0 Å². The van der Waals surface area contributed by atoms with Gasteiger partial charge in [-0.05, 0) is 30.9 Å². The zero-order valence-corrected chi connectivity index (χ0v) is 10.7. The number of hydrogen-bond donors (Lipinski definition) is 1. The molecule has 0 unspecified atom stereocenters. The van der Waals surface area contributed by atoms with Crippen molar-refractivity contribution in [1.82, 2.24) is 9.97 Å². The zero-order valence-electron chi connectivity index (χ0n) is 10.7. The van der Waals surface area contributed by atoms with E-state index in [-0.39, 0.29) is 5.56 Å². The monoisotopic (exact) mass is 257 g/mol. The number of fused-ring (bicyclic) bond motifs is 1. The Kier molecular flexibility index (Phi) is 2.81. The first-order valence-electron chi connectivity index (χ1n) is 6.35. The van der Waals surface area contributed by atoms with E-state index in [0.717, 1.165) is 12.5 Å². The Balaban J connectivity index is 1.98. The summed E-state index contributed by atoms with van der Waals surface area (Å²) in [5, 5.41) is 9.70. The molecule has 0 atom stereocenters. The third kappa shape index (κ3) is 2.36. The second-order valence-electron chi connectivity index (χ2n) is 5.04. The van der Waals surface area contributed by atoms with E-state index < -0.39 is 5.97 Å². The molecule has 1 aromatic heterocycles. The molecule has 0 aliphatic heterocycles. The summed E-state index contributed by atoms with van der Waals surface area (Å²) in [4.78, 5) is 21.9. The maximum Gasteiger partial charge on any atom is 0.336 e. The molecule has 98 valence electrons. The molecule has 1 aliphatic rings. The van der Waals surface area contributed by atoms with E-state index in [9.17, 15) is 4.79 Å². The minimum atomic E-state index is -0.951. The Labute approximate surface area is 110 Å². The minimum Gasteiger partial charge on any atom is -0.478 e. The third-order valence-corrected chi connectivity index (χ3v) is 3.41. The highest BCUT2D eigenvalue weighted by Crippen LogP contribution is 2.30. The van der Waals surface area contributed by atoms with Gasteiger partial charge in [0, 0.05) is 25.2 Å². The third-order valence-electron chi connectivity index (χ3n) is 3.41. The molecule has 1 heterocycles. The summed E-state index contributed by atoms with van der Waals surface area (Å²) in [6.45, 7) is 0.962. The first-order valence-corrected chi connectivity index (χ1v) is 6.35. The predicted octanol–water partition coefficient (Wildman–Crippen LogP) is 2.17. The predicted molar refractivity (Wildman–Crippen MR) is 72.5 cm³/mol. The number of carboxylic acids is 1. The molecule has 1 aliphatic carbocycles. The molecule has 0 spiro atoms. The number of rotatable bonds is 4. The Morgan fingerprint density at radius 1 is 1.47 bits per heavy atom. The van der Waals surface area contributed by atoms with Crippen LogP contribution in [-0.2, 0) is 0 Å². The van der Waals surface area contributed by atoms with E-state index in [2.05, 4.69) is 9.97 Å². The SMILES string of the molecule is CN(CC1CC1)c1ncc2c(C(=O)O)cccc2n1. The van der Waals surface area contributed by atoms with Crippen molar-refractivity contribution in [3.63, 3.8) is 0 Å². The van der Waals surface area contributed by atoms with E-state index in [1.54, 1.807) is 18.3 Å². The molecule has 5 heteroatoms. The van der Waals surface area contributed by atoms with Crippen LogP contribution in [0.2, 0.25) is 0 Å². The molecule has 0 radical (unpaired) electrons. The van der Waals surface area contributed by atoms with Crippen LogP contribution in [0.25, 0.3) is 10.9 Å². The van der Waals surface area contributed by atoms with E-state index in [1.165, 1.54) is 12.8 Å². The second-order valence-corrected chi connectivity index (χ2v) is 5.04. The molecule has 1 saturated carbocycles. The molecule has 19 heavy (non-hydrogen) atoms. The molecule has 3 rings (SSSR count). The fraction of sp³-hybridized carbons (Fsp3) is 0.357. The molecule has 0 bridgehead atoms. The Bertz CT molecular complexity index is 638. The van der Waals surface area contributed by atoms with Crippen LogP contribution in [0.15, 0.2) is 24.4 Å². The quantitative estimate of drug-likeness (QED) is 0.909. The van der Waals surface area contributed by atoms with Crippen molar-refractivity contribution >= 4 is 22.8 Å².